The molecule has 0 fully saturated rings. The summed E-state index contributed by atoms with van der Waals surface area (Å²) >= 11 is 1.15. The van der Waals surface area contributed by atoms with E-state index in [0.29, 0.717) is 27.9 Å². The predicted octanol–water partition coefficient (Wildman–Crippen LogP) is 1.88. The molecule has 31 heavy (non-hydrogen) atoms. The van der Waals surface area contributed by atoms with Crippen molar-refractivity contribution in [3.8, 4) is 22.8 Å². The molecule has 0 saturated carbocycles. The summed E-state index contributed by atoms with van der Waals surface area (Å²) in [5.41, 5.74) is 8.45. The van der Waals surface area contributed by atoms with E-state index in [1.54, 1.807) is 24.3 Å². The van der Waals surface area contributed by atoms with Gasteiger partial charge in [-0.1, -0.05) is 42.1 Å². The zero-order chi connectivity index (χ0) is 21.8. The topological polar surface area (TPSA) is 158 Å². The number of nitrogens with zero attached hydrogens (tertiary/aromatic N) is 4. The predicted molar refractivity (Wildman–Crippen MR) is 118 cm³/mol. The summed E-state index contributed by atoms with van der Waals surface area (Å²) in [7, 11) is 0. The highest BCUT2D eigenvalue weighted by Gasteiger charge is 2.16. The van der Waals surface area contributed by atoms with Crippen LogP contribution < -0.4 is 16.9 Å². The van der Waals surface area contributed by atoms with Crippen LogP contribution in [0.1, 0.15) is 10.4 Å². The van der Waals surface area contributed by atoms with Gasteiger partial charge in [-0.15, -0.1) is 10.2 Å². The molecule has 0 spiro atoms. The highest BCUT2D eigenvalue weighted by molar-refractivity contribution is 7.99. The van der Waals surface area contributed by atoms with Gasteiger partial charge in [0.2, 0.25) is 22.8 Å². The molecule has 6 N–H and O–H groups in total. The second kappa shape index (κ2) is 8.71. The molecule has 4 aromatic rings. The van der Waals surface area contributed by atoms with Crippen molar-refractivity contribution >= 4 is 29.3 Å². The Morgan fingerprint density at radius 3 is 2.52 bits per heavy atom. The average molecular weight is 434 g/mol. The van der Waals surface area contributed by atoms with Crippen LogP contribution in [-0.4, -0.2) is 42.6 Å². The number of hydrogen-bond acceptors (Lipinski definition) is 7. The minimum Gasteiger partial charge on any atom is -0.366 e. The van der Waals surface area contributed by atoms with Crippen molar-refractivity contribution < 1.29 is 9.59 Å². The Morgan fingerprint density at radius 1 is 1.06 bits per heavy atom. The minimum absolute atomic E-state index is 0.0745. The van der Waals surface area contributed by atoms with E-state index in [1.165, 1.54) is 4.68 Å². The van der Waals surface area contributed by atoms with Gasteiger partial charge in [-0.25, -0.2) is 4.68 Å². The minimum atomic E-state index is -0.528. The summed E-state index contributed by atoms with van der Waals surface area (Å²) in [4.78, 5) is 23.3. The van der Waals surface area contributed by atoms with Crippen LogP contribution in [-0.2, 0) is 4.79 Å². The smallest absolute Gasteiger partial charge is 0.248 e. The molecule has 4 rings (SSSR count). The lowest BCUT2D eigenvalue weighted by atomic mass is 10.1. The number of aromatic amines is 1. The molecule has 2 heterocycles. The third kappa shape index (κ3) is 4.56. The third-order valence-corrected chi connectivity index (χ3v) is 5.28. The second-order valence-corrected chi connectivity index (χ2v) is 7.43. The number of primary amides is 1. The first-order valence-corrected chi connectivity index (χ1v) is 10.1. The van der Waals surface area contributed by atoms with Crippen molar-refractivity contribution in [3.05, 3.63) is 66.2 Å². The van der Waals surface area contributed by atoms with Crippen LogP contribution in [0.5, 0.6) is 0 Å². The van der Waals surface area contributed by atoms with Gasteiger partial charge in [0.25, 0.3) is 0 Å². The van der Waals surface area contributed by atoms with Crippen molar-refractivity contribution in [2.24, 2.45) is 5.73 Å². The second-order valence-electron chi connectivity index (χ2n) is 6.49. The number of carbonyl (C=O) groups is 2. The number of rotatable bonds is 7. The van der Waals surface area contributed by atoms with Crippen LogP contribution in [0.2, 0.25) is 0 Å². The molecule has 0 aliphatic carbocycles. The molecule has 0 radical (unpaired) electrons. The Hall–Kier alpha value is -4.12. The van der Waals surface area contributed by atoms with Crippen LogP contribution in [0.25, 0.3) is 22.8 Å². The molecule has 0 aliphatic heterocycles. The molecule has 2 aromatic heterocycles. The molecule has 0 unspecified atom stereocenters. The number of thioether (sulfide) groups is 1. The third-order valence-electron chi connectivity index (χ3n) is 4.34. The Bertz CT molecular complexity index is 1220. The average Bonchev–Trinajstić information content (AvgIpc) is 3.40. The molecular weight excluding hydrogens is 416 g/mol. The lowest BCUT2D eigenvalue weighted by Gasteiger charge is -2.05. The number of anilines is 1. The standard InChI is InChI=1S/C20H18N8O2S/c21-18(30)13-6-8-14(9-7-13)23-17(29)11-31-20-27-26-19(28(20)22)16-10-15(24-25-16)12-4-2-1-3-5-12/h1-10H,11,22H2,(H2,21,30)(H,23,29)(H,24,25). The molecule has 10 nitrogen and oxygen atoms in total. The fraction of sp³-hybridized carbons (Fsp3) is 0.0500. The fourth-order valence-electron chi connectivity index (χ4n) is 2.80. The van der Waals surface area contributed by atoms with Gasteiger partial charge in [0.15, 0.2) is 0 Å². The van der Waals surface area contributed by atoms with E-state index in [-0.39, 0.29) is 11.7 Å². The number of nitrogens with one attached hydrogen (secondary N) is 2. The molecule has 0 aliphatic rings. The van der Waals surface area contributed by atoms with E-state index in [2.05, 4.69) is 25.7 Å². The van der Waals surface area contributed by atoms with Crippen molar-refractivity contribution in [3.63, 3.8) is 0 Å². The first kappa shape index (κ1) is 20.2. The summed E-state index contributed by atoms with van der Waals surface area (Å²) in [6.45, 7) is 0. The molecule has 11 heteroatoms. The van der Waals surface area contributed by atoms with Gasteiger partial charge >= 0.3 is 0 Å². The molecule has 0 saturated heterocycles. The van der Waals surface area contributed by atoms with Crippen molar-refractivity contribution in [1.29, 1.82) is 0 Å². The van der Waals surface area contributed by atoms with E-state index in [9.17, 15) is 9.59 Å². The fourth-order valence-corrected chi connectivity index (χ4v) is 3.45. The van der Waals surface area contributed by atoms with Gasteiger partial charge in [0.05, 0.1) is 11.4 Å². The number of aromatic nitrogens is 5. The molecule has 2 amide bonds. The molecule has 0 atom stereocenters. The van der Waals surface area contributed by atoms with Gasteiger partial charge in [-0.05, 0) is 30.3 Å². The van der Waals surface area contributed by atoms with E-state index in [4.69, 9.17) is 11.6 Å². The quantitative estimate of drug-likeness (QED) is 0.255. The van der Waals surface area contributed by atoms with Gasteiger partial charge in [-0.3, -0.25) is 14.7 Å². The highest BCUT2D eigenvalue weighted by Crippen LogP contribution is 2.24. The van der Waals surface area contributed by atoms with Gasteiger partial charge < -0.3 is 16.9 Å². The zero-order valence-corrected chi connectivity index (χ0v) is 17.0. The van der Waals surface area contributed by atoms with Crippen molar-refractivity contribution in [2.75, 3.05) is 16.9 Å². The zero-order valence-electron chi connectivity index (χ0n) is 16.1. The first-order valence-electron chi connectivity index (χ1n) is 9.15. The maximum absolute atomic E-state index is 12.2. The molecule has 0 bridgehead atoms. The van der Waals surface area contributed by atoms with Crippen LogP contribution in [0.15, 0.2) is 65.8 Å². The van der Waals surface area contributed by atoms with Gasteiger partial charge in [-0.2, -0.15) is 5.10 Å². The molecular formula is C20H18N8O2S. The number of nitrogen functional groups attached to an aromatic ring is 1. The summed E-state index contributed by atoms with van der Waals surface area (Å²) in [5.74, 6) is 5.81. The number of hydrogen-bond donors (Lipinski definition) is 4. The van der Waals surface area contributed by atoms with Crippen LogP contribution in [0, 0.1) is 0 Å². The highest BCUT2D eigenvalue weighted by atomic mass is 32.2. The summed E-state index contributed by atoms with van der Waals surface area (Å²) in [5, 5.41) is 18.5. The van der Waals surface area contributed by atoms with Crippen molar-refractivity contribution in [1.82, 2.24) is 25.1 Å². The Balaban J connectivity index is 1.39. The van der Waals surface area contributed by atoms with Gasteiger partial charge in [0, 0.05) is 16.8 Å². The van der Waals surface area contributed by atoms with Crippen LogP contribution in [0.4, 0.5) is 5.69 Å². The number of H-pyrrole nitrogens is 1. The number of carbonyl (C=O) groups excluding carboxylic acids is 2. The largest absolute Gasteiger partial charge is 0.366 e. The van der Waals surface area contributed by atoms with Crippen LogP contribution in [0.3, 0.4) is 0 Å². The molecule has 2 aromatic carbocycles. The molecule has 156 valence electrons. The maximum atomic E-state index is 12.2. The number of benzene rings is 2. The Labute approximate surface area is 181 Å². The normalized spacial score (nSPS) is 10.7. The van der Waals surface area contributed by atoms with E-state index in [0.717, 1.165) is 23.0 Å². The SMILES string of the molecule is NC(=O)c1ccc(NC(=O)CSc2nnc(-c3cc(-c4ccccc4)n[nH]3)n2N)cc1. The van der Waals surface area contributed by atoms with E-state index < -0.39 is 5.91 Å². The number of nitrogens with two attached hydrogens (primary N) is 2. The number of amides is 2. The summed E-state index contributed by atoms with van der Waals surface area (Å²) in [6, 6.07) is 17.8. The van der Waals surface area contributed by atoms with Crippen LogP contribution >= 0.6 is 11.8 Å². The summed E-state index contributed by atoms with van der Waals surface area (Å²) < 4.78 is 1.31. The monoisotopic (exact) mass is 434 g/mol. The van der Waals surface area contributed by atoms with Crippen molar-refractivity contribution in [2.45, 2.75) is 5.16 Å². The Kier molecular flexibility index (Phi) is 5.67. The lowest BCUT2D eigenvalue weighted by Crippen LogP contribution is -2.17. The first-order chi connectivity index (χ1) is 15.0. The summed E-state index contributed by atoms with van der Waals surface area (Å²) in [6.07, 6.45) is 0. The van der Waals surface area contributed by atoms with E-state index in [1.807, 2.05) is 36.4 Å². The van der Waals surface area contributed by atoms with E-state index >= 15 is 0 Å². The lowest BCUT2D eigenvalue weighted by molar-refractivity contribution is -0.113. The van der Waals surface area contributed by atoms with Gasteiger partial charge in [0.1, 0.15) is 5.69 Å². The maximum Gasteiger partial charge on any atom is 0.248 e. The Morgan fingerprint density at radius 2 is 1.81 bits per heavy atom.